The lowest BCUT2D eigenvalue weighted by molar-refractivity contribution is 0.0922. The third kappa shape index (κ3) is 1.12. The smallest absolute Gasteiger partial charge is 0.198 e. The molecular weight excluding hydrogens is 164 g/mol. The molecule has 0 spiro atoms. The van der Waals surface area contributed by atoms with E-state index in [4.69, 9.17) is 4.42 Å². The Morgan fingerprint density at radius 2 is 2.38 bits per heavy atom. The van der Waals surface area contributed by atoms with Crippen LogP contribution < -0.4 is 0 Å². The summed E-state index contributed by atoms with van der Waals surface area (Å²) in [7, 11) is 0. The maximum absolute atomic E-state index is 11.5. The van der Waals surface area contributed by atoms with E-state index in [2.05, 4.69) is 13.8 Å². The van der Waals surface area contributed by atoms with Gasteiger partial charge in [0.1, 0.15) is 0 Å². The highest BCUT2D eigenvalue weighted by Crippen LogP contribution is 2.39. The first-order valence-corrected chi connectivity index (χ1v) is 4.78. The van der Waals surface area contributed by atoms with Crippen molar-refractivity contribution in [2.45, 2.75) is 38.5 Å². The largest absolute Gasteiger partial charge is 0.461 e. The number of ketones is 1. The van der Waals surface area contributed by atoms with Gasteiger partial charge in [0, 0.05) is 12.0 Å². The van der Waals surface area contributed by atoms with Crippen LogP contribution in [0.4, 0.5) is 0 Å². The Hall–Kier alpha value is -1.05. The number of fused-ring (bicyclic) bond motifs is 1. The van der Waals surface area contributed by atoms with Gasteiger partial charge < -0.3 is 4.42 Å². The van der Waals surface area contributed by atoms with Crippen LogP contribution in [0.3, 0.4) is 0 Å². The fourth-order valence-corrected chi connectivity index (χ4v) is 2.01. The SMILES string of the molecule is CCC1(C)CCC(=O)c2occc21. The molecule has 0 N–H and O–H groups in total. The van der Waals surface area contributed by atoms with E-state index in [0.29, 0.717) is 12.2 Å². The second-order valence-electron chi connectivity index (χ2n) is 4.00. The molecule has 2 nitrogen and oxygen atoms in total. The maximum Gasteiger partial charge on any atom is 0.198 e. The molecule has 1 aliphatic rings. The van der Waals surface area contributed by atoms with Gasteiger partial charge in [-0.2, -0.15) is 0 Å². The van der Waals surface area contributed by atoms with Crippen molar-refractivity contribution in [3.05, 3.63) is 23.7 Å². The zero-order chi connectivity index (χ0) is 9.47. The summed E-state index contributed by atoms with van der Waals surface area (Å²) in [5, 5.41) is 0. The molecule has 0 fully saturated rings. The van der Waals surface area contributed by atoms with Crippen LogP contribution in [0.5, 0.6) is 0 Å². The van der Waals surface area contributed by atoms with Crippen LogP contribution in [-0.2, 0) is 5.41 Å². The van der Waals surface area contributed by atoms with Crippen LogP contribution in [0.25, 0.3) is 0 Å². The zero-order valence-corrected chi connectivity index (χ0v) is 8.09. The Morgan fingerprint density at radius 1 is 1.62 bits per heavy atom. The Balaban J connectivity index is 2.52. The predicted molar refractivity (Wildman–Crippen MR) is 49.9 cm³/mol. The molecule has 0 aromatic carbocycles. The Bertz CT molecular complexity index is 338. The Morgan fingerprint density at radius 3 is 3.08 bits per heavy atom. The number of carbonyl (C=O) groups is 1. The van der Waals surface area contributed by atoms with Gasteiger partial charge in [0.25, 0.3) is 0 Å². The van der Waals surface area contributed by atoms with Gasteiger partial charge in [0.2, 0.25) is 0 Å². The molecule has 0 radical (unpaired) electrons. The lowest BCUT2D eigenvalue weighted by Crippen LogP contribution is -2.28. The van der Waals surface area contributed by atoms with E-state index < -0.39 is 0 Å². The summed E-state index contributed by atoms with van der Waals surface area (Å²) in [6.07, 6.45) is 4.27. The third-order valence-corrected chi connectivity index (χ3v) is 3.25. The number of rotatable bonds is 1. The molecule has 1 aromatic heterocycles. The van der Waals surface area contributed by atoms with E-state index in [1.165, 1.54) is 0 Å². The van der Waals surface area contributed by atoms with Gasteiger partial charge in [-0.1, -0.05) is 13.8 Å². The molecule has 0 amide bonds. The highest BCUT2D eigenvalue weighted by Gasteiger charge is 2.36. The predicted octanol–water partition coefficient (Wildman–Crippen LogP) is 2.92. The minimum Gasteiger partial charge on any atom is -0.461 e. The van der Waals surface area contributed by atoms with Crippen molar-refractivity contribution in [2.75, 3.05) is 0 Å². The molecule has 2 rings (SSSR count). The van der Waals surface area contributed by atoms with E-state index >= 15 is 0 Å². The van der Waals surface area contributed by atoms with Crippen molar-refractivity contribution in [1.82, 2.24) is 0 Å². The summed E-state index contributed by atoms with van der Waals surface area (Å²) in [6, 6.07) is 1.94. The lowest BCUT2D eigenvalue weighted by atomic mass is 9.72. The van der Waals surface area contributed by atoms with Crippen molar-refractivity contribution < 1.29 is 9.21 Å². The molecule has 1 heterocycles. The molecule has 1 aliphatic carbocycles. The molecule has 1 aromatic rings. The first-order chi connectivity index (χ1) is 6.17. The van der Waals surface area contributed by atoms with Gasteiger partial charge in [-0.25, -0.2) is 0 Å². The summed E-state index contributed by atoms with van der Waals surface area (Å²) in [5.41, 5.74) is 1.25. The van der Waals surface area contributed by atoms with Crippen molar-refractivity contribution in [3.8, 4) is 0 Å². The van der Waals surface area contributed by atoms with Crippen LogP contribution in [0.2, 0.25) is 0 Å². The van der Waals surface area contributed by atoms with E-state index in [0.717, 1.165) is 18.4 Å². The minimum atomic E-state index is 0.149. The van der Waals surface area contributed by atoms with Gasteiger partial charge in [-0.15, -0.1) is 0 Å². The van der Waals surface area contributed by atoms with Gasteiger partial charge >= 0.3 is 0 Å². The molecule has 13 heavy (non-hydrogen) atoms. The van der Waals surface area contributed by atoms with Crippen molar-refractivity contribution in [2.24, 2.45) is 0 Å². The summed E-state index contributed by atoms with van der Waals surface area (Å²) >= 11 is 0. The second kappa shape index (κ2) is 2.72. The quantitative estimate of drug-likeness (QED) is 0.661. The maximum atomic E-state index is 11.5. The summed E-state index contributed by atoms with van der Waals surface area (Å²) < 4.78 is 5.22. The molecule has 1 unspecified atom stereocenters. The Labute approximate surface area is 77.9 Å². The molecule has 0 saturated carbocycles. The number of carbonyl (C=O) groups excluding carboxylic acids is 1. The standard InChI is InChI=1S/C11H14O2/c1-3-11(2)6-4-9(12)10-8(11)5-7-13-10/h5,7H,3-4,6H2,1-2H3. The van der Waals surface area contributed by atoms with E-state index in [-0.39, 0.29) is 11.2 Å². The molecule has 0 bridgehead atoms. The topological polar surface area (TPSA) is 30.2 Å². The summed E-state index contributed by atoms with van der Waals surface area (Å²) in [6.45, 7) is 4.36. The average Bonchev–Trinajstić information content (AvgIpc) is 2.62. The van der Waals surface area contributed by atoms with Crippen molar-refractivity contribution in [1.29, 1.82) is 0 Å². The molecule has 1 atom stereocenters. The van der Waals surface area contributed by atoms with Crippen LogP contribution in [-0.4, -0.2) is 5.78 Å². The molecule has 0 aliphatic heterocycles. The van der Waals surface area contributed by atoms with Gasteiger partial charge in [-0.3, -0.25) is 4.79 Å². The van der Waals surface area contributed by atoms with E-state index in [9.17, 15) is 4.79 Å². The van der Waals surface area contributed by atoms with Crippen molar-refractivity contribution >= 4 is 5.78 Å². The monoisotopic (exact) mass is 178 g/mol. The average molecular weight is 178 g/mol. The summed E-state index contributed by atoms with van der Waals surface area (Å²) in [4.78, 5) is 11.5. The first kappa shape index (κ1) is 8.54. The first-order valence-electron chi connectivity index (χ1n) is 4.78. The summed E-state index contributed by atoms with van der Waals surface area (Å²) in [5.74, 6) is 0.751. The zero-order valence-electron chi connectivity index (χ0n) is 8.09. The molecule has 0 saturated heterocycles. The fourth-order valence-electron chi connectivity index (χ4n) is 2.01. The van der Waals surface area contributed by atoms with Crippen LogP contribution in [0, 0.1) is 0 Å². The van der Waals surface area contributed by atoms with Gasteiger partial charge in [0.05, 0.1) is 6.26 Å². The van der Waals surface area contributed by atoms with E-state index in [1.807, 2.05) is 6.07 Å². The number of hydrogen-bond donors (Lipinski definition) is 0. The molecular formula is C11H14O2. The molecule has 70 valence electrons. The number of furan rings is 1. The van der Waals surface area contributed by atoms with Crippen LogP contribution in [0.1, 0.15) is 49.2 Å². The van der Waals surface area contributed by atoms with Crippen LogP contribution in [0.15, 0.2) is 16.7 Å². The van der Waals surface area contributed by atoms with E-state index in [1.54, 1.807) is 6.26 Å². The highest BCUT2D eigenvalue weighted by molar-refractivity contribution is 5.96. The highest BCUT2D eigenvalue weighted by atomic mass is 16.3. The third-order valence-electron chi connectivity index (χ3n) is 3.25. The number of hydrogen-bond acceptors (Lipinski definition) is 2. The molecule has 2 heteroatoms. The fraction of sp³-hybridized carbons (Fsp3) is 0.545. The number of Topliss-reactive ketones (excluding diaryl/α,β-unsaturated/α-hetero) is 1. The Kier molecular flexibility index (Phi) is 1.79. The van der Waals surface area contributed by atoms with Crippen LogP contribution >= 0.6 is 0 Å². The van der Waals surface area contributed by atoms with Gasteiger partial charge in [0.15, 0.2) is 11.5 Å². The lowest BCUT2D eigenvalue weighted by Gasteiger charge is -2.31. The van der Waals surface area contributed by atoms with Gasteiger partial charge in [-0.05, 0) is 24.3 Å². The normalized spacial score (nSPS) is 27.4. The minimum absolute atomic E-state index is 0.149. The second-order valence-corrected chi connectivity index (χ2v) is 4.00. The van der Waals surface area contributed by atoms with Crippen molar-refractivity contribution in [3.63, 3.8) is 0 Å².